The number of nitrogens with one attached hydrogen (secondary N) is 2. The molecule has 0 spiro atoms. The van der Waals surface area contributed by atoms with E-state index < -0.39 is 0 Å². The number of carbonyl (C=O) groups is 1. The quantitative estimate of drug-likeness (QED) is 0.869. The highest BCUT2D eigenvalue weighted by Crippen LogP contribution is 2.23. The van der Waals surface area contributed by atoms with Crippen molar-refractivity contribution >= 4 is 22.4 Å². The van der Waals surface area contributed by atoms with Gasteiger partial charge in [-0.05, 0) is 39.2 Å². The first-order valence-electron chi connectivity index (χ1n) is 7.90. The Morgan fingerprint density at radius 3 is 2.86 bits per heavy atom. The Hall–Kier alpha value is -1.14. The molecule has 2 aliphatic rings. The van der Waals surface area contributed by atoms with Gasteiger partial charge < -0.3 is 15.5 Å². The van der Waals surface area contributed by atoms with Crippen molar-refractivity contribution in [3.8, 4) is 0 Å². The van der Waals surface area contributed by atoms with Crippen LogP contribution in [0.3, 0.4) is 0 Å². The molecule has 0 bridgehead atoms. The number of anilines is 1. The first kappa shape index (κ1) is 14.8. The van der Waals surface area contributed by atoms with Crippen molar-refractivity contribution in [2.24, 2.45) is 0 Å². The fraction of sp³-hybridized carbons (Fsp3) is 0.733. The van der Waals surface area contributed by atoms with Crippen LogP contribution in [0.15, 0.2) is 5.38 Å². The average Bonchev–Trinajstić information content (AvgIpc) is 3.09. The van der Waals surface area contributed by atoms with Crippen LogP contribution in [-0.4, -0.2) is 42.6 Å². The number of hydrogen-bond donors (Lipinski definition) is 2. The molecule has 6 heteroatoms. The molecule has 116 valence electrons. The van der Waals surface area contributed by atoms with Gasteiger partial charge in [-0.2, -0.15) is 0 Å². The lowest BCUT2D eigenvalue weighted by molar-refractivity contribution is -0.119. The number of aromatic nitrogens is 1. The molecule has 3 rings (SSSR count). The third-order valence-electron chi connectivity index (χ3n) is 4.38. The van der Waals surface area contributed by atoms with Gasteiger partial charge in [0.1, 0.15) is 0 Å². The zero-order valence-corrected chi connectivity index (χ0v) is 13.4. The van der Waals surface area contributed by atoms with Gasteiger partial charge >= 0.3 is 0 Å². The van der Waals surface area contributed by atoms with Gasteiger partial charge in [0.05, 0.1) is 5.69 Å². The molecule has 3 heterocycles. The molecule has 21 heavy (non-hydrogen) atoms. The van der Waals surface area contributed by atoms with E-state index in [1.54, 1.807) is 11.3 Å². The van der Waals surface area contributed by atoms with Crippen LogP contribution in [0.4, 0.5) is 5.13 Å². The molecule has 1 aromatic heterocycles. The topological polar surface area (TPSA) is 57.3 Å². The summed E-state index contributed by atoms with van der Waals surface area (Å²) in [6, 6.07) is 1.00. The Morgan fingerprint density at radius 1 is 1.43 bits per heavy atom. The Balaban J connectivity index is 1.35. The summed E-state index contributed by atoms with van der Waals surface area (Å²) in [5, 5.41) is 9.96. The van der Waals surface area contributed by atoms with E-state index in [4.69, 9.17) is 0 Å². The summed E-state index contributed by atoms with van der Waals surface area (Å²) in [6.45, 7) is 5.23. The molecular weight excluding hydrogens is 284 g/mol. The predicted octanol–water partition coefficient (Wildman–Crippen LogP) is 1.68. The summed E-state index contributed by atoms with van der Waals surface area (Å²) in [5.41, 5.74) is 1.12. The highest BCUT2D eigenvalue weighted by molar-refractivity contribution is 7.13. The van der Waals surface area contributed by atoms with Gasteiger partial charge in [-0.3, -0.25) is 4.79 Å². The molecule has 2 N–H and O–H groups in total. The second-order valence-electron chi connectivity index (χ2n) is 6.08. The maximum atomic E-state index is 11.1. The van der Waals surface area contributed by atoms with Crippen LogP contribution in [0.25, 0.3) is 0 Å². The number of thiazole rings is 1. The monoisotopic (exact) mass is 308 g/mol. The van der Waals surface area contributed by atoms with Crippen LogP contribution < -0.4 is 15.5 Å². The van der Waals surface area contributed by atoms with E-state index in [0.717, 1.165) is 38.2 Å². The number of piperidine rings is 1. The van der Waals surface area contributed by atoms with Crippen molar-refractivity contribution in [1.29, 1.82) is 0 Å². The lowest BCUT2D eigenvalue weighted by Gasteiger charge is -2.32. The molecule has 0 radical (unpaired) electrons. The van der Waals surface area contributed by atoms with Crippen molar-refractivity contribution in [3.63, 3.8) is 0 Å². The van der Waals surface area contributed by atoms with Crippen LogP contribution in [0.1, 0.15) is 37.8 Å². The fourth-order valence-electron chi connectivity index (χ4n) is 3.12. The molecule has 1 amide bonds. The normalized spacial score (nSPS) is 23.6. The zero-order valence-electron chi connectivity index (χ0n) is 12.6. The van der Waals surface area contributed by atoms with Crippen LogP contribution in [-0.2, 0) is 4.79 Å². The molecule has 1 unspecified atom stereocenters. The standard InChI is InChI=1S/C15H24N4OS/c1-11-10-21-15(17-11)19-8-5-12(6-9-19)16-7-4-13-2-3-14(20)18-13/h10,12-13,16H,2-9H2,1H3,(H,18,20). The number of rotatable bonds is 5. The summed E-state index contributed by atoms with van der Waals surface area (Å²) < 4.78 is 0. The van der Waals surface area contributed by atoms with Gasteiger partial charge in [-0.15, -0.1) is 11.3 Å². The van der Waals surface area contributed by atoms with Gasteiger partial charge in [0.25, 0.3) is 0 Å². The van der Waals surface area contributed by atoms with Crippen molar-refractivity contribution in [3.05, 3.63) is 11.1 Å². The van der Waals surface area contributed by atoms with E-state index in [2.05, 4.69) is 32.8 Å². The van der Waals surface area contributed by atoms with E-state index in [1.807, 2.05) is 0 Å². The Labute approximate surface area is 130 Å². The van der Waals surface area contributed by atoms with Gasteiger partial charge in [0, 0.05) is 37.0 Å². The minimum absolute atomic E-state index is 0.215. The number of amides is 1. The Morgan fingerprint density at radius 2 is 2.24 bits per heavy atom. The lowest BCUT2D eigenvalue weighted by atomic mass is 10.0. The van der Waals surface area contributed by atoms with E-state index in [1.165, 1.54) is 18.0 Å². The Kier molecular flexibility index (Phi) is 4.75. The van der Waals surface area contributed by atoms with Crippen LogP contribution in [0, 0.1) is 6.92 Å². The summed E-state index contributed by atoms with van der Waals surface area (Å²) in [7, 11) is 0. The maximum Gasteiger partial charge on any atom is 0.220 e. The van der Waals surface area contributed by atoms with Gasteiger partial charge in [-0.25, -0.2) is 4.98 Å². The second kappa shape index (κ2) is 6.75. The van der Waals surface area contributed by atoms with Crippen molar-refractivity contribution < 1.29 is 4.79 Å². The molecule has 1 atom stereocenters. The fourth-order valence-corrected chi connectivity index (χ4v) is 3.97. The lowest BCUT2D eigenvalue weighted by Crippen LogP contribution is -2.43. The molecule has 2 fully saturated rings. The molecule has 2 aliphatic heterocycles. The van der Waals surface area contributed by atoms with Crippen molar-refractivity contribution in [1.82, 2.24) is 15.6 Å². The first-order chi connectivity index (χ1) is 10.2. The number of aryl methyl sites for hydroxylation is 1. The summed E-state index contributed by atoms with van der Waals surface area (Å²) in [5.74, 6) is 0.215. The zero-order chi connectivity index (χ0) is 14.7. The van der Waals surface area contributed by atoms with Gasteiger partial charge in [-0.1, -0.05) is 0 Å². The SMILES string of the molecule is Cc1csc(N2CCC(NCCC3CCC(=O)N3)CC2)n1. The summed E-state index contributed by atoms with van der Waals surface area (Å²) in [4.78, 5) is 18.1. The second-order valence-corrected chi connectivity index (χ2v) is 6.92. The molecule has 0 aromatic carbocycles. The highest BCUT2D eigenvalue weighted by Gasteiger charge is 2.23. The smallest absolute Gasteiger partial charge is 0.220 e. The molecule has 5 nitrogen and oxygen atoms in total. The summed E-state index contributed by atoms with van der Waals surface area (Å²) in [6.07, 6.45) is 5.11. The molecular formula is C15H24N4OS. The minimum atomic E-state index is 0.215. The molecule has 0 aliphatic carbocycles. The van der Waals surface area contributed by atoms with Crippen LogP contribution >= 0.6 is 11.3 Å². The highest BCUT2D eigenvalue weighted by atomic mass is 32.1. The van der Waals surface area contributed by atoms with E-state index >= 15 is 0 Å². The Bertz CT molecular complexity index is 482. The number of carbonyl (C=O) groups excluding carboxylic acids is 1. The van der Waals surface area contributed by atoms with E-state index in [9.17, 15) is 4.79 Å². The molecule has 0 saturated carbocycles. The van der Waals surface area contributed by atoms with Crippen LogP contribution in [0.2, 0.25) is 0 Å². The van der Waals surface area contributed by atoms with Crippen molar-refractivity contribution in [2.45, 2.75) is 51.1 Å². The molecule has 1 aromatic rings. The largest absolute Gasteiger partial charge is 0.353 e. The number of hydrogen-bond acceptors (Lipinski definition) is 5. The average molecular weight is 308 g/mol. The van der Waals surface area contributed by atoms with E-state index in [-0.39, 0.29) is 5.91 Å². The summed E-state index contributed by atoms with van der Waals surface area (Å²) >= 11 is 1.75. The third-order valence-corrected chi connectivity index (χ3v) is 5.40. The first-order valence-corrected chi connectivity index (χ1v) is 8.78. The number of nitrogens with zero attached hydrogens (tertiary/aromatic N) is 2. The van der Waals surface area contributed by atoms with Gasteiger partial charge in [0.15, 0.2) is 5.13 Å². The van der Waals surface area contributed by atoms with Crippen molar-refractivity contribution in [2.75, 3.05) is 24.5 Å². The molecule has 2 saturated heterocycles. The third kappa shape index (κ3) is 3.95. The van der Waals surface area contributed by atoms with E-state index in [0.29, 0.717) is 18.5 Å². The maximum absolute atomic E-state index is 11.1. The van der Waals surface area contributed by atoms with Crippen LogP contribution in [0.5, 0.6) is 0 Å². The van der Waals surface area contributed by atoms with Gasteiger partial charge in [0.2, 0.25) is 5.91 Å². The predicted molar refractivity (Wildman–Crippen MR) is 85.9 cm³/mol. The minimum Gasteiger partial charge on any atom is -0.353 e.